The molecular formula is C15H15N3. The minimum absolute atomic E-state index is 0.542. The normalized spacial score (nSPS) is 15.1. The Bertz CT molecular complexity index is 615. The lowest BCUT2D eigenvalue weighted by atomic mass is 9.92. The smallest absolute Gasteiger partial charge is 0.0991 e. The second kappa shape index (κ2) is 4.30. The van der Waals surface area contributed by atoms with Gasteiger partial charge in [0.2, 0.25) is 0 Å². The summed E-state index contributed by atoms with van der Waals surface area (Å²) in [6.45, 7) is 2.08. The van der Waals surface area contributed by atoms with E-state index in [9.17, 15) is 0 Å². The molecule has 1 heterocycles. The molecule has 0 amide bonds. The minimum Gasteiger partial charge on any atom is -0.262 e. The highest BCUT2D eigenvalue weighted by molar-refractivity contribution is 5.65. The van der Waals surface area contributed by atoms with Gasteiger partial charge in [0.15, 0.2) is 0 Å². The zero-order valence-corrected chi connectivity index (χ0v) is 10.4. The van der Waals surface area contributed by atoms with Gasteiger partial charge in [-0.15, -0.1) is 0 Å². The summed E-state index contributed by atoms with van der Waals surface area (Å²) < 4.78 is 2.12. The van der Waals surface area contributed by atoms with Crippen LogP contribution in [0.5, 0.6) is 0 Å². The number of benzene rings is 1. The molecule has 0 atom stereocenters. The Morgan fingerprint density at radius 3 is 2.83 bits per heavy atom. The number of aryl methyl sites for hydroxylation is 1. The lowest BCUT2D eigenvalue weighted by Crippen LogP contribution is -2.19. The molecular weight excluding hydrogens is 222 g/mol. The summed E-state index contributed by atoms with van der Waals surface area (Å²) in [6.07, 6.45) is 5.57. The number of hydrogen-bond acceptors (Lipinski definition) is 2. The summed E-state index contributed by atoms with van der Waals surface area (Å²) in [6, 6.07) is 10.6. The molecule has 0 saturated heterocycles. The Balaban J connectivity index is 2.09. The molecule has 3 rings (SSSR count). The van der Waals surface area contributed by atoms with Gasteiger partial charge in [-0.2, -0.15) is 10.4 Å². The Morgan fingerprint density at radius 2 is 2.17 bits per heavy atom. The molecule has 1 aliphatic carbocycles. The maximum absolute atomic E-state index is 9.01. The van der Waals surface area contributed by atoms with E-state index in [0.717, 1.165) is 11.3 Å². The van der Waals surface area contributed by atoms with E-state index < -0.39 is 0 Å². The standard InChI is InChI=1S/C15H15N3/c1-11-5-6-12(10-16)9-14(11)15-7-8-17-18(15)13-3-2-4-13/h5-9,13H,2-4H2,1H3. The third-order valence-electron chi connectivity index (χ3n) is 3.73. The van der Waals surface area contributed by atoms with E-state index >= 15 is 0 Å². The number of hydrogen-bond donors (Lipinski definition) is 0. The van der Waals surface area contributed by atoms with Crippen molar-refractivity contribution in [2.45, 2.75) is 32.2 Å². The molecule has 0 aliphatic heterocycles. The van der Waals surface area contributed by atoms with Gasteiger partial charge in [-0.3, -0.25) is 4.68 Å². The van der Waals surface area contributed by atoms with Crippen molar-refractivity contribution in [2.75, 3.05) is 0 Å². The average molecular weight is 237 g/mol. The van der Waals surface area contributed by atoms with E-state index in [4.69, 9.17) is 5.26 Å². The van der Waals surface area contributed by atoms with E-state index in [1.165, 1.54) is 24.8 Å². The number of nitrogens with zero attached hydrogens (tertiary/aromatic N) is 3. The van der Waals surface area contributed by atoms with Gasteiger partial charge in [0.1, 0.15) is 0 Å². The molecule has 3 nitrogen and oxygen atoms in total. The van der Waals surface area contributed by atoms with Crippen LogP contribution in [0, 0.1) is 18.3 Å². The first-order valence-electron chi connectivity index (χ1n) is 6.34. The van der Waals surface area contributed by atoms with Crippen LogP contribution in [0.25, 0.3) is 11.3 Å². The minimum atomic E-state index is 0.542. The molecule has 1 fully saturated rings. The Labute approximate surface area is 107 Å². The van der Waals surface area contributed by atoms with Crippen LogP contribution < -0.4 is 0 Å². The average Bonchev–Trinajstić information content (AvgIpc) is 2.76. The lowest BCUT2D eigenvalue weighted by Gasteiger charge is -2.27. The van der Waals surface area contributed by atoms with Gasteiger partial charge in [0, 0.05) is 11.8 Å². The van der Waals surface area contributed by atoms with Crippen LogP contribution >= 0.6 is 0 Å². The van der Waals surface area contributed by atoms with Gasteiger partial charge >= 0.3 is 0 Å². The summed E-state index contributed by atoms with van der Waals surface area (Å²) in [5.41, 5.74) is 4.15. The van der Waals surface area contributed by atoms with Crippen LogP contribution in [-0.2, 0) is 0 Å². The fraction of sp³-hybridized carbons (Fsp3) is 0.333. The highest BCUT2D eigenvalue weighted by Crippen LogP contribution is 2.35. The quantitative estimate of drug-likeness (QED) is 0.802. The van der Waals surface area contributed by atoms with Gasteiger partial charge in [0.05, 0.1) is 23.4 Å². The van der Waals surface area contributed by atoms with Crippen LogP contribution in [0.15, 0.2) is 30.5 Å². The van der Waals surface area contributed by atoms with E-state index in [-0.39, 0.29) is 0 Å². The summed E-state index contributed by atoms with van der Waals surface area (Å²) >= 11 is 0. The van der Waals surface area contributed by atoms with E-state index in [1.807, 2.05) is 30.5 Å². The fourth-order valence-corrected chi connectivity index (χ4v) is 2.42. The molecule has 0 bridgehead atoms. The molecule has 3 heteroatoms. The summed E-state index contributed by atoms with van der Waals surface area (Å²) in [5, 5.41) is 13.5. The second-order valence-corrected chi connectivity index (χ2v) is 4.89. The van der Waals surface area contributed by atoms with E-state index in [1.54, 1.807) is 0 Å². The fourth-order valence-electron chi connectivity index (χ4n) is 2.42. The van der Waals surface area contributed by atoms with E-state index in [0.29, 0.717) is 11.6 Å². The number of aromatic nitrogens is 2. The van der Waals surface area contributed by atoms with Crippen molar-refractivity contribution in [3.05, 3.63) is 41.6 Å². The number of nitriles is 1. The Hall–Kier alpha value is -2.08. The molecule has 1 aliphatic rings. The molecule has 90 valence electrons. The van der Waals surface area contributed by atoms with Crippen molar-refractivity contribution in [1.82, 2.24) is 9.78 Å². The van der Waals surface area contributed by atoms with Crippen molar-refractivity contribution in [3.8, 4) is 17.3 Å². The van der Waals surface area contributed by atoms with Crippen LogP contribution in [0.2, 0.25) is 0 Å². The van der Waals surface area contributed by atoms with Gasteiger partial charge in [-0.1, -0.05) is 6.07 Å². The summed E-state index contributed by atoms with van der Waals surface area (Å²) in [7, 11) is 0. The second-order valence-electron chi connectivity index (χ2n) is 4.89. The Morgan fingerprint density at radius 1 is 1.33 bits per heavy atom. The largest absolute Gasteiger partial charge is 0.262 e. The topological polar surface area (TPSA) is 41.6 Å². The molecule has 2 aromatic rings. The first-order chi connectivity index (χ1) is 8.79. The van der Waals surface area contributed by atoms with Crippen LogP contribution in [0.4, 0.5) is 0 Å². The van der Waals surface area contributed by atoms with E-state index in [2.05, 4.69) is 22.8 Å². The summed E-state index contributed by atoms with van der Waals surface area (Å²) in [4.78, 5) is 0. The summed E-state index contributed by atoms with van der Waals surface area (Å²) in [5.74, 6) is 0. The molecule has 1 saturated carbocycles. The van der Waals surface area contributed by atoms with Crippen molar-refractivity contribution < 1.29 is 0 Å². The number of rotatable bonds is 2. The molecule has 0 radical (unpaired) electrons. The highest BCUT2D eigenvalue weighted by Gasteiger charge is 2.23. The van der Waals surface area contributed by atoms with Gasteiger partial charge in [-0.25, -0.2) is 0 Å². The van der Waals surface area contributed by atoms with Gasteiger partial charge < -0.3 is 0 Å². The van der Waals surface area contributed by atoms with Crippen LogP contribution in [-0.4, -0.2) is 9.78 Å². The zero-order chi connectivity index (χ0) is 12.5. The molecule has 1 aromatic heterocycles. The van der Waals surface area contributed by atoms with Crippen LogP contribution in [0.3, 0.4) is 0 Å². The van der Waals surface area contributed by atoms with Crippen molar-refractivity contribution in [2.24, 2.45) is 0 Å². The zero-order valence-electron chi connectivity index (χ0n) is 10.4. The third kappa shape index (κ3) is 1.70. The Kier molecular flexibility index (Phi) is 2.64. The predicted octanol–water partition coefficient (Wildman–Crippen LogP) is 3.46. The first-order valence-corrected chi connectivity index (χ1v) is 6.34. The molecule has 18 heavy (non-hydrogen) atoms. The van der Waals surface area contributed by atoms with Crippen molar-refractivity contribution in [1.29, 1.82) is 5.26 Å². The SMILES string of the molecule is Cc1ccc(C#N)cc1-c1ccnn1C1CCC1. The van der Waals surface area contributed by atoms with Crippen molar-refractivity contribution >= 4 is 0 Å². The monoisotopic (exact) mass is 237 g/mol. The maximum Gasteiger partial charge on any atom is 0.0991 e. The maximum atomic E-state index is 9.01. The molecule has 0 spiro atoms. The molecule has 0 unspecified atom stereocenters. The van der Waals surface area contributed by atoms with Gasteiger partial charge in [-0.05, 0) is 49.9 Å². The molecule has 0 N–H and O–H groups in total. The predicted molar refractivity (Wildman–Crippen MR) is 70.0 cm³/mol. The lowest BCUT2D eigenvalue weighted by molar-refractivity contribution is 0.292. The highest BCUT2D eigenvalue weighted by atomic mass is 15.3. The molecule has 1 aromatic carbocycles. The van der Waals surface area contributed by atoms with Crippen LogP contribution in [0.1, 0.15) is 36.4 Å². The van der Waals surface area contributed by atoms with Gasteiger partial charge in [0.25, 0.3) is 0 Å². The third-order valence-corrected chi connectivity index (χ3v) is 3.73. The van der Waals surface area contributed by atoms with Crippen molar-refractivity contribution in [3.63, 3.8) is 0 Å². The first kappa shape index (κ1) is 11.0.